The normalized spacial score (nSPS) is 10.1. The van der Waals surface area contributed by atoms with Crippen LogP contribution in [0.2, 0.25) is 0 Å². The largest absolute Gasteiger partial charge is 0.493 e. The Bertz CT molecular complexity index is 771. The summed E-state index contributed by atoms with van der Waals surface area (Å²) in [6, 6.07) is 22.9. The van der Waals surface area contributed by atoms with Crippen molar-refractivity contribution in [3.8, 4) is 17.2 Å². The van der Waals surface area contributed by atoms with Crippen LogP contribution in [0.5, 0.6) is 17.2 Å². The summed E-state index contributed by atoms with van der Waals surface area (Å²) >= 11 is 0. The average molecular weight is 306 g/mol. The summed E-state index contributed by atoms with van der Waals surface area (Å²) in [5.74, 6) is 2.01. The number of ether oxygens (including phenoxy) is 2. The van der Waals surface area contributed by atoms with E-state index < -0.39 is 0 Å². The average Bonchev–Trinajstić information content (AvgIpc) is 2.59. The number of methoxy groups -OCH3 is 1. The summed E-state index contributed by atoms with van der Waals surface area (Å²) in [5.41, 5.74) is 8.33. The van der Waals surface area contributed by atoms with Gasteiger partial charge in [-0.1, -0.05) is 18.2 Å². The Morgan fingerprint density at radius 3 is 2.22 bits per heavy atom. The van der Waals surface area contributed by atoms with Crippen LogP contribution in [0, 0.1) is 0 Å². The maximum atomic E-state index is 5.85. The molecular weight excluding hydrogens is 288 g/mol. The molecule has 0 aliphatic heterocycles. The van der Waals surface area contributed by atoms with Gasteiger partial charge in [0.25, 0.3) is 0 Å². The van der Waals surface area contributed by atoms with Gasteiger partial charge in [0.15, 0.2) is 11.5 Å². The molecule has 0 spiro atoms. The number of hydrogen-bond donors (Lipinski definition) is 2. The predicted octanol–water partition coefficient (Wildman–Crippen LogP) is 4.81. The topological polar surface area (TPSA) is 56.5 Å². The summed E-state index contributed by atoms with van der Waals surface area (Å²) in [7, 11) is 1.62. The zero-order valence-corrected chi connectivity index (χ0v) is 12.8. The van der Waals surface area contributed by atoms with Crippen LogP contribution in [-0.4, -0.2) is 7.11 Å². The van der Waals surface area contributed by atoms with Crippen LogP contribution < -0.4 is 20.5 Å². The second-order valence-electron chi connectivity index (χ2n) is 5.03. The third-order valence-electron chi connectivity index (χ3n) is 3.33. The molecule has 0 radical (unpaired) electrons. The second-order valence-corrected chi connectivity index (χ2v) is 5.03. The molecule has 4 heteroatoms. The van der Waals surface area contributed by atoms with Crippen molar-refractivity contribution in [1.29, 1.82) is 0 Å². The molecule has 0 unspecified atom stereocenters. The molecule has 0 aromatic heterocycles. The van der Waals surface area contributed by atoms with Crippen LogP contribution in [0.1, 0.15) is 0 Å². The van der Waals surface area contributed by atoms with Crippen molar-refractivity contribution in [2.75, 3.05) is 18.2 Å². The lowest BCUT2D eigenvalue weighted by Crippen LogP contribution is -1.94. The van der Waals surface area contributed by atoms with Crippen LogP contribution in [0.15, 0.2) is 72.8 Å². The van der Waals surface area contributed by atoms with Gasteiger partial charge in [0, 0.05) is 23.1 Å². The molecule has 0 aliphatic rings. The zero-order chi connectivity index (χ0) is 16.1. The van der Waals surface area contributed by atoms with Gasteiger partial charge in [-0.05, 0) is 48.5 Å². The summed E-state index contributed by atoms with van der Waals surface area (Å²) in [6.07, 6.45) is 0. The lowest BCUT2D eigenvalue weighted by atomic mass is 10.2. The molecule has 0 saturated heterocycles. The van der Waals surface area contributed by atoms with Gasteiger partial charge in [-0.25, -0.2) is 0 Å². The Hall–Kier alpha value is -3.14. The zero-order valence-electron chi connectivity index (χ0n) is 12.8. The van der Waals surface area contributed by atoms with Crippen LogP contribution >= 0.6 is 0 Å². The van der Waals surface area contributed by atoms with Crippen LogP contribution in [0.25, 0.3) is 0 Å². The minimum Gasteiger partial charge on any atom is -0.493 e. The minimum absolute atomic E-state index is 0.649. The highest BCUT2D eigenvalue weighted by Crippen LogP contribution is 2.34. The number of nitrogens with one attached hydrogen (secondary N) is 1. The van der Waals surface area contributed by atoms with Gasteiger partial charge < -0.3 is 20.5 Å². The number of anilines is 3. The maximum absolute atomic E-state index is 5.85. The van der Waals surface area contributed by atoms with Gasteiger partial charge in [-0.2, -0.15) is 0 Å². The van der Waals surface area contributed by atoms with E-state index in [0.717, 1.165) is 11.4 Å². The quantitative estimate of drug-likeness (QED) is 0.664. The fourth-order valence-corrected chi connectivity index (χ4v) is 2.18. The molecule has 3 N–H and O–H groups in total. The lowest BCUT2D eigenvalue weighted by molar-refractivity contribution is 0.379. The molecule has 0 saturated carbocycles. The van der Waals surface area contributed by atoms with E-state index in [4.69, 9.17) is 15.2 Å². The van der Waals surface area contributed by atoms with E-state index in [0.29, 0.717) is 22.9 Å². The summed E-state index contributed by atoms with van der Waals surface area (Å²) < 4.78 is 11.3. The highest BCUT2D eigenvalue weighted by atomic mass is 16.5. The molecule has 3 aromatic rings. The molecule has 0 amide bonds. The molecule has 0 fully saturated rings. The molecular formula is C19H18N2O2. The number of nitrogens with two attached hydrogens (primary N) is 1. The van der Waals surface area contributed by atoms with E-state index in [1.165, 1.54) is 0 Å². The van der Waals surface area contributed by atoms with Gasteiger partial charge in [0.2, 0.25) is 0 Å². The number of nitrogen functional groups attached to an aromatic ring is 1. The van der Waals surface area contributed by atoms with Crippen molar-refractivity contribution in [2.45, 2.75) is 0 Å². The van der Waals surface area contributed by atoms with Crippen molar-refractivity contribution in [3.05, 3.63) is 72.8 Å². The SMILES string of the molecule is COc1cc(Nc2ccccc2)ccc1Oc1ccc(N)cc1. The first-order valence-electron chi connectivity index (χ1n) is 7.28. The van der Waals surface area contributed by atoms with Crippen molar-refractivity contribution in [1.82, 2.24) is 0 Å². The number of benzene rings is 3. The molecule has 0 bridgehead atoms. The first kappa shape index (κ1) is 14.8. The molecule has 0 atom stereocenters. The van der Waals surface area contributed by atoms with E-state index in [9.17, 15) is 0 Å². The molecule has 0 heterocycles. The fraction of sp³-hybridized carbons (Fsp3) is 0.0526. The Morgan fingerprint density at radius 2 is 1.52 bits per heavy atom. The molecule has 116 valence electrons. The summed E-state index contributed by atoms with van der Waals surface area (Å²) in [5, 5.41) is 3.33. The summed E-state index contributed by atoms with van der Waals surface area (Å²) in [4.78, 5) is 0. The molecule has 23 heavy (non-hydrogen) atoms. The smallest absolute Gasteiger partial charge is 0.169 e. The highest BCUT2D eigenvalue weighted by molar-refractivity contribution is 5.63. The van der Waals surface area contributed by atoms with Crippen molar-refractivity contribution in [2.24, 2.45) is 0 Å². The Kier molecular flexibility index (Phi) is 4.34. The van der Waals surface area contributed by atoms with E-state index in [2.05, 4.69) is 5.32 Å². The van der Waals surface area contributed by atoms with Crippen LogP contribution in [0.3, 0.4) is 0 Å². The van der Waals surface area contributed by atoms with Gasteiger partial charge in [0.05, 0.1) is 7.11 Å². The second kappa shape index (κ2) is 6.75. The fourth-order valence-electron chi connectivity index (χ4n) is 2.18. The molecule has 0 aliphatic carbocycles. The van der Waals surface area contributed by atoms with E-state index in [1.807, 2.05) is 60.7 Å². The number of para-hydroxylation sites is 1. The third kappa shape index (κ3) is 3.74. The maximum Gasteiger partial charge on any atom is 0.169 e. The molecule has 4 nitrogen and oxygen atoms in total. The van der Waals surface area contributed by atoms with Crippen molar-refractivity contribution >= 4 is 17.1 Å². The van der Waals surface area contributed by atoms with Gasteiger partial charge >= 0.3 is 0 Å². The van der Waals surface area contributed by atoms with Crippen LogP contribution in [0.4, 0.5) is 17.1 Å². The predicted molar refractivity (Wildman–Crippen MR) is 93.6 cm³/mol. The van der Waals surface area contributed by atoms with Crippen LogP contribution in [-0.2, 0) is 0 Å². The Balaban J connectivity index is 1.80. The standard InChI is InChI=1S/C19H18N2O2/c1-22-19-13-16(21-15-5-3-2-4-6-15)9-12-18(19)23-17-10-7-14(20)8-11-17/h2-13,21H,20H2,1H3. The Labute approximate surface area is 135 Å². The monoisotopic (exact) mass is 306 g/mol. The van der Waals surface area contributed by atoms with E-state index in [1.54, 1.807) is 19.2 Å². The Morgan fingerprint density at radius 1 is 0.783 bits per heavy atom. The first-order valence-corrected chi connectivity index (χ1v) is 7.28. The third-order valence-corrected chi connectivity index (χ3v) is 3.33. The van der Waals surface area contributed by atoms with E-state index >= 15 is 0 Å². The van der Waals surface area contributed by atoms with Gasteiger partial charge in [0.1, 0.15) is 5.75 Å². The van der Waals surface area contributed by atoms with Gasteiger partial charge in [-0.15, -0.1) is 0 Å². The molecule has 3 aromatic carbocycles. The highest BCUT2D eigenvalue weighted by Gasteiger charge is 2.07. The van der Waals surface area contributed by atoms with Crippen molar-refractivity contribution < 1.29 is 9.47 Å². The lowest BCUT2D eigenvalue weighted by Gasteiger charge is -2.13. The van der Waals surface area contributed by atoms with Crippen molar-refractivity contribution in [3.63, 3.8) is 0 Å². The number of rotatable bonds is 5. The minimum atomic E-state index is 0.649. The first-order chi connectivity index (χ1) is 11.2. The van der Waals surface area contributed by atoms with Gasteiger partial charge in [-0.3, -0.25) is 0 Å². The summed E-state index contributed by atoms with van der Waals surface area (Å²) in [6.45, 7) is 0. The number of hydrogen-bond acceptors (Lipinski definition) is 4. The molecule has 3 rings (SSSR count). The van der Waals surface area contributed by atoms with E-state index in [-0.39, 0.29) is 0 Å².